The van der Waals surface area contributed by atoms with Crippen LogP contribution in [0.2, 0.25) is 0 Å². The van der Waals surface area contributed by atoms with Gasteiger partial charge in [-0.15, -0.1) is 0 Å². The maximum atomic E-state index is 11.6. The number of carbonyl (C=O) groups excluding carboxylic acids is 2. The number of ketones is 2. The van der Waals surface area contributed by atoms with Gasteiger partial charge >= 0.3 is 0 Å². The van der Waals surface area contributed by atoms with Gasteiger partial charge in [-0.05, 0) is 36.4 Å². The number of ether oxygens (including phenoxy) is 1. The van der Waals surface area contributed by atoms with Crippen LogP contribution in [0.4, 0.5) is 0 Å². The number of carbonyl (C=O) groups is 2. The van der Waals surface area contributed by atoms with E-state index in [2.05, 4.69) is 4.98 Å². The van der Waals surface area contributed by atoms with E-state index in [1.165, 1.54) is 18.2 Å². The lowest BCUT2D eigenvalue weighted by Crippen LogP contribution is -2.12. The standard InChI is InChI=1S/C15H9NO3/c17-11-3-6-14(18)15(9-11)19-12-4-5-13-10(8-12)2-1-7-16-13/h1-9H. The second-order valence-corrected chi connectivity index (χ2v) is 4.07. The van der Waals surface area contributed by atoms with Crippen LogP contribution in [0.15, 0.2) is 60.5 Å². The number of pyridine rings is 1. The Morgan fingerprint density at radius 2 is 1.95 bits per heavy atom. The first-order chi connectivity index (χ1) is 9.22. The van der Waals surface area contributed by atoms with Crippen LogP contribution in [0.5, 0.6) is 5.75 Å². The Kier molecular flexibility index (Phi) is 2.68. The predicted molar refractivity (Wildman–Crippen MR) is 69.6 cm³/mol. The van der Waals surface area contributed by atoms with E-state index < -0.39 is 0 Å². The summed E-state index contributed by atoms with van der Waals surface area (Å²) in [5, 5.41) is 0.908. The molecule has 3 rings (SSSR count). The molecule has 0 bridgehead atoms. The molecule has 0 saturated carbocycles. The lowest BCUT2D eigenvalue weighted by Gasteiger charge is -2.09. The van der Waals surface area contributed by atoms with Crippen molar-refractivity contribution in [2.24, 2.45) is 0 Å². The maximum Gasteiger partial charge on any atom is 0.221 e. The topological polar surface area (TPSA) is 56.3 Å². The van der Waals surface area contributed by atoms with Crippen molar-refractivity contribution in [3.05, 3.63) is 60.5 Å². The van der Waals surface area contributed by atoms with E-state index in [1.54, 1.807) is 24.4 Å². The Labute approximate surface area is 109 Å². The Morgan fingerprint density at radius 1 is 1.05 bits per heavy atom. The summed E-state index contributed by atoms with van der Waals surface area (Å²) in [6, 6.07) is 9.02. The number of hydrogen-bond donors (Lipinski definition) is 0. The van der Waals surface area contributed by atoms with Crippen LogP contribution in [-0.4, -0.2) is 16.6 Å². The molecular formula is C15H9NO3. The average Bonchev–Trinajstić information content (AvgIpc) is 2.43. The zero-order valence-electron chi connectivity index (χ0n) is 9.87. The molecule has 0 saturated heterocycles. The van der Waals surface area contributed by atoms with Gasteiger partial charge in [-0.2, -0.15) is 0 Å². The Bertz CT molecular complexity index is 744. The monoisotopic (exact) mass is 251 g/mol. The summed E-state index contributed by atoms with van der Waals surface area (Å²) in [6.07, 6.45) is 5.33. The highest BCUT2D eigenvalue weighted by molar-refractivity contribution is 6.16. The van der Waals surface area contributed by atoms with Gasteiger partial charge in [0, 0.05) is 17.7 Å². The lowest BCUT2D eigenvalue weighted by molar-refractivity contribution is -0.116. The molecule has 0 fully saturated rings. The maximum absolute atomic E-state index is 11.6. The van der Waals surface area contributed by atoms with Crippen molar-refractivity contribution in [2.45, 2.75) is 0 Å². The second kappa shape index (κ2) is 4.49. The predicted octanol–water partition coefficient (Wildman–Crippen LogP) is 2.21. The van der Waals surface area contributed by atoms with Crippen molar-refractivity contribution in [3.63, 3.8) is 0 Å². The third-order valence-corrected chi connectivity index (χ3v) is 2.72. The molecule has 19 heavy (non-hydrogen) atoms. The lowest BCUT2D eigenvalue weighted by atomic mass is 10.1. The van der Waals surface area contributed by atoms with Crippen LogP contribution >= 0.6 is 0 Å². The molecule has 0 unspecified atom stereocenters. The van der Waals surface area contributed by atoms with Crippen LogP contribution in [0.3, 0.4) is 0 Å². The summed E-state index contributed by atoms with van der Waals surface area (Å²) in [5.74, 6) is -0.0260. The summed E-state index contributed by atoms with van der Waals surface area (Å²) in [6.45, 7) is 0. The van der Waals surface area contributed by atoms with E-state index in [0.29, 0.717) is 5.75 Å². The quantitative estimate of drug-likeness (QED) is 0.768. The summed E-state index contributed by atoms with van der Waals surface area (Å²) >= 11 is 0. The minimum atomic E-state index is -0.314. The number of allylic oxidation sites excluding steroid dienone is 3. The molecule has 0 atom stereocenters. The molecule has 2 aromatic rings. The molecule has 1 aromatic heterocycles. The first-order valence-corrected chi connectivity index (χ1v) is 5.73. The van der Waals surface area contributed by atoms with E-state index >= 15 is 0 Å². The molecule has 0 amide bonds. The molecule has 0 aliphatic heterocycles. The fourth-order valence-corrected chi connectivity index (χ4v) is 1.81. The first kappa shape index (κ1) is 11.3. The molecule has 1 aromatic carbocycles. The smallest absolute Gasteiger partial charge is 0.221 e. The third kappa shape index (κ3) is 2.28. The zero-order chi connectivity index (χ0) is 13.2. The summed E-state index contributed by atoms with van der Waals surface area (Å²) in [7, 11) is 0. The number of fused-ring (bicyclic) bond motifs is 1. The van der Waals surface area contributed by atoms with Gasteiger partial charge in [0.05, 0.1) is 5.52 Å². The van der Waals surface area contributed by atoms with Gasteiger partial charge in [-0.1, -0.05) is 6.07 Å². The van der Waals surface area contributed by atoms with Crippen molar-refractivity contribution in [1.29, 1.82) is 0 Å². The van der Waals surface area contributed by atoms with Crippen molar-refractivity contribution in [3.8, 4) is 5.75 Å². The average molecular weight is 251 g/mol. The van der Waals surface area contributed by atoms with E-state index in [4.69, 9.17) is 4.74 Å². The SMILES string of the molecule is O=C1C=CC(=O)C(Oc2ccc3ncccc3c2)=C1. The van der Waals surface area contributed by atoms with Gasteiger partial charge in [-0.3, -0.25) is 14.6 Å². The molecule has 0 radical (unpaired) electrons. The Hall–Kier alpha value is -2.75. The molecule has 1 aliphatic carbocycles. The van der Waals surface area contributed by atoms with Gasteiger partial charge in [0.15, 0.2) is 11.5 Å². The molecule has 92 valence electrons. The Morgan fingerprint density at radius 3 is 2.84 bits per heavy atom. The molecule has 0 spiro atoms. The Balaban J connectivity index is 1.93. The highest BCUT2D eigenvalue weighted by atomic mass is 16.5. The molecule has 4 nitrogen and oxygen atoms in total. The second-order valence-electron chi connectivity index (χ2n) is 4.07. The largest absolute Gasteiger partial charge is 0.453 e. The molecule has 1 heterocycles. The van der Waals surface area contributed by atoms with Gasteiger partial charge < -0.3 is 4.74 Å². The van der Waals surface area contributed by atoms with Gasteiger partial charge in [-0.25, -0.2) is 0 Å². The highest BCUT2D eigenvalue weighted by Crippen LogP contribution is 2.21. The van der Waals surface area contributed by atoms with E-state index in [0.717, 1.165) is 10.9 Å². The van der Waals surface area contributed by atoms with Crippen LogP contribution in [0, 0.1) is 0 Å². The summed E-state index contributed by atoms with van der Waals surface area (Å²) in [5.41, 5.74) is 0.842. The van der Waals surface area contributed by atoms with Gasteiger partial charge in [0.25, 0.3) is 0 Å². The highest BCUT2D eigenvalue weighted by Gasteiger charge is 2.15. The number of benzene rings is 1. The number of aromatic nitrogens is 1. The summed E-state index contributed by atoms with van der Waals surface area (Å²) in [4.78, 5) is 27.0. The minimum Gasteiger partial charge on any atom is -0.453 e. The molecule has 1 aliphatic rings. The molecule has 4 heteroatoms. The van der Waals surface area contributed by atoms with Crippen molar-refractivity contribution >= 4 is 22.5 Å². The summed E-state index contributed by atoms with van der Waals surface area (Å²) < 4.78 is 5.46. The van der Waals surface area contributed by atoms with Crippen LogP contribution in [0.25, 0.3) is 10.9 Å². The van der Waals surface area contributed by atoms with Gasteiger partial charge in [0.1, 0.15) is 5.75 Å². The van der Waals surface area contributed by atoms with Crippen molar-refractivity contribution < 1.29 is 14.3 Å². The fourth-order valence-electron chi connectivity index (χ4n) is 1.81. The number of nitrogens with zero attached hydrogens (tertiary/aromatic N) is 1. The zero-order valence-corrected chi connectivity index (χ0v) is 9.87. The van der Waals surface area contributed by atoms with E-state index in [9.17, 15) is 9.59 Å². The minimum absolute atomic E-state index is 0.0377. The molecule has 0 N–H and O–H groups in total. The van der Waals surface area contributed by atoms with E-state index in [-0.39, 0.29) is 17.3 Å². The van der Waals surface area contributed by atoms with Crippen LogP contribution < -0.4 is 4.74 Å². The van der Waals surface area contributed by atoms with Crippen molar-refractivity contribution in [2.75, 3.05) is 0 Å². The van der Waals surface area contributed by atoms with Crippen LogP contribution in [0.1, 0.15) is 0 Å². The number of hydrogen-bond acceptors (Lipinski definition) is 4. The normalized spacial score (nSPS) is 14.6. The van der Waals surface area contributed by atoms with Crippen LogP contribution in [-0.2, 0) is 9.59 Å². The van der Waals surface area contributed by atoms with Crippen molar-refractivity contribution in [1.82, 2.24) is 4.98 Å². The third-order valence-electron chi connectivity index (χ3n) is 2.72. The van der Waals surface area contributed by atoms with E-state index in [1.807, 2.05) is 12.1 Å². The molecular weight excluding hydrogens is 242 g/mol. The van der Waals surface area contributed by atoms with Gasteiger partial charge in [0.2, 0.25) is 5.78 Å². The number of rotatable bonds is 2. The fraction of sp³-hybridized carbons (Fsp3) is 0. The first-order valence-electron chi connectivity index (χ1n) is 5.73.